The van der Waals surface area contributed by atoms with Gasteiger partial charge in [-0.05, 0) is 48.7 Å². The van der Waals surface area contributed by atoms with Crippen molar-refractivity contribution in [1.29, 1.82) is 0 Å². The molecule has 0 radical (unpaired) electrons. The first-order valence-electron chi connectivity index (χ1n) is 8.95. The van der Waals surface area contributed by atoms with E-state index >= 15 is 0 Å². The van der Waals surface area contributed by atoms with Crippen molar-refractivity contribution in [3.8, 4) is 11.1 Å². The number of ketones is 1. The van der Waals surface area contributed by atoms with Crippen LogP contribution >= 0.6 is 0 Å². The summed E-state index contributed by atoms with van der Waals surface area (Å²) in [6, 6.07) is 22.1. The van der Waals surface area contributed by atoms with Gasteiger partial charge < -0.3 is 4.98 Å². The molecule has 0 aliphatic rings. The molecule has 4 rings (SSSR count). The number of fused-ring (bicyclic) bond motifs is 1. The molecule has 4 aromatic rings. The largest absolute Gasteiger partial charge is 0.338 e. The van der Waals surface area contributed by atoms with Crippen LogP contribution in [0.4, 0.5) is 0 Å². The summed E-state index contributed by atoms with van der Waals surface area (Å²) in [6.07, 6.45) is 4.04. The lowest BCUT2D eigenvalue weighted by Gasteiger charge is -2.06. The summed E-state index contributed by atoms with van der Waals surface area (Å²) in [5, 5.41) is 0. The third-order valence-electron chi connectivity index (χ3n) is 4.59. The van der Waals surface area contributed by atoms with E-state index in [-0.39, 0.29) is 5.78 Å². The van der Waals surface area contributed by atoms with Crippen LogP contribution in [0.25, 0.3) is 34.3 Å². The number of benzene rings is 3. The second-order valence-electron chi connectivity index (χ2n) is 6.70. The maximum atomic E-state index is 11.9. The summed E-state index contributed by atoms with van der Waals surface area (Å²) in [7, 11) is 0. The molecule has 3 nitrogen and oxygen atoms in total. The number of Topliss-reactive ketones (excluding diaryl/α,β-unsaturated/α-hetero) is 1. The Balaban J connectivity index is 1.70. The highest BCUT2D eigenvalue weighted by Crippen LogP contribution is 2.27. The fourth-order valence-electron chi connectivity index (χ4n) is 3.27. The molecular formula is C24H20N2O. The minimum atomic E-state index is 0.0667. The van der Waals surface area contributed by atoms with Crippen molar-refractivity contribution in [3.63, 3.8) is 0 Å². The van der Waals surface area contributed by atoms with Gasteiger partial charge in [-0.25, -0.2) is 4.98 Å². The Bertz CT molecular complexity index is 1170. The molecule has 0 aliphatic carbocycles. The normalized spacial score (nSPS) is 11.3. The number of rotatable bonds is 4. The molecule has 27 heavy (non-hydrogen) atoms. The second kappa shape index (κ2) is 7.04. The Morgan fingerprint density at radius 3 is 2.63 bits per heavy atom. The Labute approximate surface area is 158 Å². The van der Waals surface area contributed by atoms with Crippen LogP contribution < -0.4 is 0 Å². The van der Waals surface area contributed by atoms with E-state index in [1.165, 1.54) is 5.56 Å². The van der Waals surface area contributed by atoms with Crippen LogP contribution in [-0.2, 0) is 0 Å². The van der Waals surface area contributed by atoms with Crippen LogP contribution in [0.2, 0.25) is 0 Å². The molecule has 0 unspecified atom stereocenters. The number of H-pyrrole nitrogens is 1. The fraction of sp³-hybridized carbons (Fsp3) is 0.0833. The molecule has 0 saturated carbocycles. The first kappa shape index (κ1) is 17.0. The number of hydrogen-bond acceptors (Lipinski definition) is 2. The number of carbonyl (C=O) groups excluding carboxylic acids is 1. The predicted octanol–water partition coefficient (Wildman–Crippen LogP) is 5.91. The first-order chi connectivity index (χ1) is 13.1. The van der Waals surface area contributed by atoms with Crippen LogP contribution in [0.5, 0.6) is 0 Å². The minimum Gasteiger partial charge on any atom is -0.338 e. The van der Waals surface area contributed by atoms with Gasteiger partial charge in [0.15, 0.2) is 5.78 Å². The van der Waals surface area contributed by atoms with Crippen molar-refractivity contribution in [2.45, 2.75) is 13.8 Å². The van der Waals surface area contributed by atoms with Gasteiger partial charge in [-0.3, -0.25) is 4.79 Å². The molecule has 0 saturated heterocycles. The standard InChI is InChI=1S/C24H20N2O/c1-16-6-5-7-18(14-16)10-13-24-25-22-12-11-19(15-23(22)26-24)21-9-4-3-8-20(21)17(2)27/h3-15H,1-2H3,(H,25,26)/b13-10+. The number of nitrogens with one attached hydrogen (secondary N) is 1. The second-order valence-corrected chi connectivity index (χ2v) is 6.70. The Kier molecular flexibility index (Phi) is 4.43. The van der Waals surface area contributed by atoms with E-state index in [0.29, 0.717) is 0 Å². The van der Waals surface area contributed by atoms with E-state index < -0.39 is 0 Å². The third kappa shape index (κ3) is 3.58. The summed E-state index contributed by atoms with van der Waals surface area (Å²) >= 11 is 0. The van der Waals surface area contributed by atoms with E-state index in [0.717, 1.165) is 39.1 Å². The number of hydrogen-bond donors (Lipinski definition) is 1. The lowest BCUT2D eigenvalue weighted by atomic mass is 9.97. The zero-order valence-corrected chi connectivity index (χ0v) is 15.4. The van der Waals surface area contributed by atoms with Gasteiger partial charge in [-0.15, -0.1) is 0 Å². The molecule has 0 aliphatic heterocycles. The molecular weight excluding hydrogens is 332 g/mol. The molecule has 0 spiro atoms. The number of carbonyl (C=O) groups is 1. The maximum absolute atomic E-state index is 11.9. The van der Waals surface area contributed by atoms with E-state index in [1.54, 1.807) is 6.92 Å². The molecule has 1 aromatic heterocycles. The average Bonchev–Trinajstić information content (AvgIpc) is 3.08. The number of aryl methyl sites for hydroxylation is 1. The highest BCUT2D eigenvalue weighted by Gasteiger charge is 2.10. The van der Waals surface area contributed by atoms with Crippen LogP contribution in [0, 0.1) is 6.92 Å². The fourth-order valence-corrected chi connectivity index (χ4v) is 3.27. The zero-order chi connectivity index (χ0) is 18.8. The van der Waals surface area contributed by atoms with Crippen molar-refractivity contribution in [3.05, 3.63) is 89.2 Å². The van der Waals surface area contributed by atoms with Gasteiger partial charge in [0.25, 0.3) is 0 Å². The van der Waals surface area contributed by atoms with E-state index in [2.05, 4.69) is 41.2 Å². The van der Waals surface area contributed by atoms with Crippen LogP contribution in [0.15, 0.2) is 66.7 Å². The van der Waals surface area contributed by atoms with Crippen LogP contribution in [-0.4, -0.2) is 15.8 Å². The van der Waals surface area contributed by atoms with Crippen LogP contribution in [0.3, 0.4) is 0 Å². The smallest absolute Gasteiger partial charge is 0.160 e. The van der Waals surface area contributed by atoms with E-state index in [1.807, 2.05) is 54.6 Å². The third-order valence-corrected chi connectivity index (χ3v) is 4.59. The molecule has 0 fully saturated rings. The monoisotopic (exact) mass is 352 g/mol. The molecule has 3 aromatic carbocycles. The quantitative estimate of drug-likeness (QED) is 0.464. The lowest BCUT2D eigenvalue weighted by Crippen LogP contribution is -1.95. The van der Waals surface area contributed by atoms with Gasteiger partial charge in [-0.1, -0.05) is 66.2 Å². The van der Waals surface area contributed by atoms with Gasteiger partial charge in [0.1, 0.15) is 5.82 Å². The molecule has 0 bridgehead atoms. The van der Waals surface area contributed by atoms with Crippen LogP contribution in [0.1, 0.15) is 34.2 Å². The molecule has 3 heteroatoms. The highest BCUT2D eigenvalue weighted by atomic mass is 16.1. The van der Waals surface area contributed by atoms with Crippen molar-refractivity contribution in [2.24, 2.45) is 0 Å². The summed E-state index contributed by atoms with van der Waals surface area (Å²) in [6.45, 7) is 3.68. The molecule has 1 N–H and O–H groups in total. The molecule has 1 heterocycles. The highest BCUT2D eigenvalue weighted by molar-refractivity contribution is 6.01. The Morgan fingerprint density at radius 1 is 0.963 bits per heavy atom. The van der Waals surface area contributed by atoms with Gasteiger partial charge in [-0.2, -0.15) is 0 Å². The van der Waals surface area contributed by atoms with Crippen molar-refractivity contribution < 1.29 is 4.79 Å². The number of imidazole rings is 1. The number of aromatic amines is 1. The van der Waals surface area contributed by atoms with Gasteiger partial charge in [0.05, 0.1) is 11.0 Å². The van der Waals surface area contributed by atoms with Crippen molar-refractivity contribution in [1.82, 2.24) is 9.97 Å². The average molecular weight is 352 g/mol. The predicted molar refractivity (Wildman–Crippen MR) is 112 cm³/mol. The lowest BCUT2D eigenvalue weighted by molar-refractivity contribution is 0.101. The minimum absolute atomic E-state index is 0.0667. The number of aromatic nitrogens is 2. The maximum Gasteiger partial charge on any atom is 0.160 e. The van der Waals surface area contributed by atoms with Gasteiger partial charge in [0.2, 0.25) is 0 Å². The Morgan fingerprint density at radius 2 is 1.81 bits per heavy atom. The van der Waals surface area contributed by atoms with Gasteiger partial charge in [0, 0.05) is 5.56 Å². The van der Waals surface area contributed by atoms with Crippen molar-refractivity contribution >= 4 is 29.0 Å². The topological polar surface area (TPSA) is 45.8 Å². The number of nitrogens with zero attached hydrogens (tertiary/aromatic N) is 1. The van der Waals surface area contributed by atoms with Crippen molar-refractivity contribution in [2.75, 3.05) is 0 Å². The van der Waals surface area contributed by atoms with Gasteiger partial charge >= 0.3 is 0 Å². The molecule has 132 valence electrons. The molecule has 0 atom stereocenters. The summed E-state index contributed by atoms with van der Waals surface area (Å²) < 4.78 is 0. The molecule has 0 amide bonds. The van der Waals surface area contributed by atoms with E-state index in [9.17, 15) is 4.79 Å². The first-order valence-corrected chi connectivity index (χ1v) is 8.95. The summed E-state index contributed by atoms with van der Waals surface area (Å²) in [4.78, 5) is 19.9. The summed E-state index contributed by atoms with van der Waals surface area (Å²) in [5.41, 5.74) is 6.92. The summed E-state index contributed by atoms with van der Waals surface area (Å²) in [5.74, 6) is 0.876. The van der Waals surface area contributed by atoms with E-state index in [4.69, 9.17) is 0 Å². The zero-order valence-electron chi connectivity index (χ0n) is 15.4. The SMILES string of the molecule is CC(=O)c1ccccc1-c1ccc2nc(/C=C/c3cccc(C)c3)[nH]c2c1. The Hall–Kier alpha value is -3.46.